The van der Waals surface area contributed by atoms with Crippen LogP contribution >= 0.6 is 0 Å². The number of fused-ring (bicyclic) bond motifs is 1. The van der Waals surface area contributed by atoms with Gasteiger partial charge in [0, 0.05) is 23.2 Å². The highest BCUT2D eigenvalue weighted by Gasteiger charge is 2.36. The van der Waals surface area contributed by atoms with Crippen molar-refractivity contribution in [3.05, 3.63) is 52.0 Å². The van der Waals surface area contributed by atoms with Crippen molar-refractivity contribution in [3.8, 4) is 0 Å². The number of furan rings is 1. The van der Waals surface area contributed by atoms with Crippen LogP contribution in [-0.4, -0.2) is 16.8 Å². The van der Waals surface area contributed by atoms with Crippen LogP contribution in [0.5, 0.6) is 0 Å². The molecular weight excluding hydrogens is 316 g/mol. The summed E-state index contributed by atoms with van der Waals surface area (Å²) in [5.41, 5.74) is 4.92. The van der Waals surface area contributed by atoms with Crippen LogP contribution in [0.1, 0.15) is 58.8 Å². The molecule has 0 fully saturated rings. The van der Waals surface area contributed by atoms with Gasteiger partial charge in [-0.05, 0) is 55.9 Å². The third kappa shape index (κ3) is 3.31. The normalized spacial score (nSPS) is 17.4. The number of carbonyl (C=O) groups is 1. The van der Waals surface area contributed by atoms with Gasteiger partial charge in [0.2, 0.25) is 0 Å². The van der Waals surface area contributed by atoms with E-state index in [1.807, 2.05) is 32.9 Å². The van der Waals surface area contributed by atoms with Crippen molar-refractivity contribution in [2.24, 2.45) is 10.6 Å². The number of benzene rings is 1. The van der Waals surface area contributed by atoms with Gasteiger partial charge < -0.3 is 14.9 Å². The minimum Gasteiger partial charge on any atom is -0.455 e. The fourth-order valence-electron chi connectivity index (χ4n) is 3.65. The molecular formula is C20H24N2O3. The molecule has 132 valence electrons. The Bertz CT molecular complexity index is 855. The molecule has 0 saturated heterocycles. The van der Waals surface area contributed by atoms with Crippen molar-refractivity contribution in [1.29, 1.82) is 0 Å². The van der Waals surface area contributed by atoms with Gasteiger partial charge >= 0.3 is 0 Å². The summed E-state index contributed by atoms with van der Waals surface area (Å²) in [7, 11) is 0. The summed E-state index contributed by atoms with van der Waals surface area (Å²) in [4.78, 5) is 12.7. The number of hydrogen-bond acceptors (Lipinski definition) is 4. The molecule has 5 heteroatoms. The minimum atomic E-state index is -0.285. The molecule has 1 aliphatic carbocycles. The second-order valence-corrected chi connectivity index (χ2v) is 7.75. The predicted octanol–water partition coefficient (Wildman–Crippen LogP) is 4.61. The Labute approximate surface area is 147 Å². The lowest BCUT2D eigenvalue weighted by molar-refractivity contribution is 0.0993. The van der Waals surface area contributed by atoms with E-state index < -0.39 is 0 Å². The summed E-state index contributed by atoms with van der Waals surface area (Å²) < 4.78 is 5.90. The van der Waals surface area contributed by atoms with Crippen LogP contribution in [0.25, 0.3) is 0 Å². The lowest BCUT2D eigenvalue weighted by Crippen LogP contribution is -2.27. The number of nitrogens with zero attached hydrogens (tertiary/aromatic N) is 1. The fourth-order valence-corrected chi connectivity index (χ4v) is 3.65. The summed E-state index contributed by atoms with van der Waals surface area (Å²) in [6.45, 7) is 10.0. The molecule has 3 rings (SSSR count). The molecule has 1 amide bonds. The maximum atomic E-state index is 12.7. The molecule has 0 radical (unpaired) electrons. The number of oxime groups is 1. The summed E-state index contributed by atoms with van der Waals surface area (Å²) >= 11 is 0. The number of anilines is 1. The van der Waals surface area contributed by atoms with Crippen LogP contribution in [0.2, 0.25) is 0 Å². The Morgan fingerprint density at radius 3 is 2.40 bits per heavy atom. The summed E-state index contributed by atoms with van der Waals surface area (Å²) in [6, 6.07) is 5.90. The standard InChI is InChI=1S/C20H24N2O3/c1-11-6-12(2)8-14(7-11)21-19(23)18-13(3)17-15(22-24)9-20(4,5)10-16(17)25-18/h6-8,24H,9-10H2,1-5H3,(H,21,23)/b22-15-. The largest absolute Gasteiger partial charge is 0.455 e. The van der Waals surface area contributed by atoms with Crippen LogP contribution in [0.15, 0.2) is 27.8 Å². The Kier molecular flexibility index (Phi) is 4.19. The van der Waals surface area contributed by atoms with E-state index >= 15 is 0 Å². The van der Waals surface area contributed by atoms with Gasteiger partial charge in [0.15, 0.2) is 5.76 Å². The zero-order chi connectivity index (χ0) is 18.4. The monoisotopic (exact) mass is 340 g/mol. The molecule has 25 heavy (non-hydrogen) atoms. The SMILES string of the molecule is Cc1cc(C)cc(NC(=O)c2oc3c(c2C)/C(=N\O)CC(C)(C)C3)c1. The maximum Gasteiger partial charge on any atom is 0.291 e. The molecule has 1 aliphatic rings. The zero-order valence-corrected chi connectivity index (χ0v) is 15.4. The first-order chi connectivity index (χ1) is 11.7. The van der Waals surface area contributed by atoms with Crippen LogP contribution in [0.4, 0.5) is 5.69 Å². The molecule has 0 unspecified atom stereocenters. The van der Waals surface area contributed by atoms with Crippen molar-refractivity contribution < 1.29 is 14.4 Å². The van der Waals surface area contributed by atoms with E-state index in [0.29, 0.717) is 24.3 Å². The van der Waals surface area contributed by atoms with Gasteiger partial charge in [0.05, 0.1) is 5.71 Å². The van der Waals surface area contributed by atoms with Crippen LogP contribution in [0.3, 0.4) is 0 Å². The number of rotatable bonds is 2. The van der Waals surface area contributed by atoms with Gasteiger partial charge in [-0.2, -0.15) is 0 Å². The van der Waals surface area contributed by atoms with E-state index in [0.717, 1.165) is 27.9 Å². The number of amides is 1. The van der Waals surface area contributed by atoms with Crippen molar-refractivity contribution >= 4 is 17.3 Å². The number of carbonyl (C=O) groups excluding carboxylic acids is 1. The van der Waals surface area contributed by atoms with Gasteiger partial charge in [-0.1, -0.05) is 25.1 Å². The second-order valence-electron chi connectivity index (χ2n) is 7.75. The average molecular weight is 340 g/mol. The first kappa shape index (κ1) is 17.3. The van der Waals surface area contributed by atoms with Crippen LogP contribution in [-0.2, 0) is 6.42 Å². The van der Waals surface area contributed by atoms with E-state index in [9.17, 15) is 10.0 Å². The third-order valence-electron chi connectivity index (χ3n) is 4.60. The van der Waals surface area contributed by atoms with Crippen LogP contribution < -0.4 is 5.32 Å². The summed E-state index contributed by atoms with van der Waals surface area (Å²) in [6.07, 6.45) is 1.36. The molecule has 5 nitrogen and oxygen atoms in total. The Morgan fingerprint density at radius 2 is 1.80 bits per heavy atom. The molecule has 2 N–H and O–H groups in total. The van der Waals surface area contributed by atoms with Crippen molar-refractivity contribution in [2.45, 2.75) is 47.5 Å². The number of hydrogen-bond donors (Lipinski definition) is 2. The van der Waals surface area contributed by atoms with Crippen LogP contribution in [0, 0.1) is 26.2 Å². The van der Waals surface area contributed by atoms with E-state index in [4.69, 9.17) is 4.42 Å². The van der Waals surface area contributed by atoms with Gasteiger partial charge in [-0.25, -0.2) is 0 Å². The quantitative estimate of drug-likeness (QED) is 0.619. The number of nitrogens with one attached hydrogen (secondary N) is 1. The Morgan fingerprint density at radius 1 is 1.16 bits per heavy atom. The number of aryl methyl sites for hydroxylation is 2. The first-order valence-corrected chi connectivity index (χ1v) is 8.43. The van der Waals surface area contributed by atoms with Crippen molar-refractivity contribution in [1.82, 2.24) is 0 Å². The molecule has 1 aromatic heterocycles. The minimum absolute atomic E-state index is 0.0692. The highest BCUT2D eigenvalue weighted by atomic mass is 16.4. The third-order valence-corrected chi connectivity index (χ3v) is 4.60. The maximum absolute atomic E-state index is 12.7. The molecule has 0 bridgehead atoms. The lowest BCUT2D eigenvalue weighted by atomic mass is 9.75. The highest BCUT2D eigenvalue weighted by molar-refractivity contribution is 6.09. The fraction of sp³-hybridized carbons (Fsp3) is 0.400. The Balaban J connectivity index is 1.96. The van der Waals surface area contributed by atoms with E-state index in [1.165, 1.54) is 0 Å². The van der Waals surface area contributed by atoms with Gasteiger partial charge in [-0.15, -0.1) is 0 Å². The molecule has 0 spiro atoms. The van der Waals surface area contributed by atoms with E-state index in [2.05, 4.69) is 30.4 Å². The summed E-state index contributed by atoms with van der Waals surface area (Å²) in [5, 5.41) is 15.7. The molecule has 0 aliphatic heterocycles. The summed E-state index contributed by atoms with van der Waals surface area (Å²) in [5.74, 6) is 0.710. The van der Waals surface area contributed by atoms with Gasteiger partial charge in [-0.3, -0.25) is 4.79 Å². The molecule has 1 aromatic carbocycles. The molecule has 2 aromatic rings. The Hall–Kier alpha value is -2.56. The molecule has 1 heterocycles. The van der Waals surface area contributed by atoms with E-state index in [-0.39, 0.29) is 17.1 Å². The first-order valence-electron chi connectivity index (χ1n) is 8.43. The zero-order valence-electron chi connectivity index (χ0n) is 15.4. The van der Waals surface area contributed by atoms with Gasteiger partial charge in [0.25, 0.3) is 5.91 Å². The molecule has 0 saturated carbocycles. The van der Waals surface area contributed by atoms with Crippen molar-refractivity contribution in [3.63, 3.8) is 0 Å². The highest BCUT2D eigenvalue weighted by Crippen LogP contribution is 2.39. The topological polar surface area (TPSA) is 74.8 Å². The predicted molar refractivity (Wildman–Crippen MR) is 97.7 cm³/mol. The van der Waals surface area contributed by atoms with E-state index in [1.54, 1.807) is 0 Å². The average Bonchev–Trinajstić information content (AvgIpc) is 2.81. The lowest BCUT2D eigenvalue weighted by Gasteiger charge is -2.28. The second kappa shape index (κ2) is 6.06. The smallest absolute Gasteiger partial charge is 0.291 e. The van der Waals surface area contributed by atoms with Crippen molar-refractivity contribution in [2.75, 3.05) is 5.32 Å². The van der Waals surface area contributed by atoms with Gasteiger partial charge in [0.1, 0.15) is 5.76 Å². The molecule has 0 atom stereocenters.